The van der Waals surface area contributed by atoms with Crippen molar-refractivity contribution in [2.75, 3.05) is 5.32 Å². The number of benzene rings is 3. The normalized spacial score (nSPS) is 13.1. The number of fused-ring (bicyclic) bond motifs is 3. The lowest BCUT2D eigenvalue weighted by molar-refractivity contribution is -0.120. The van der Waals surface area contributed by atoms with Gasteiger partial charge in [-0.2, -0.15) is 0 Å². The molecule has 1 aliphatic carbocycles. The number of nitrogens with one attached hydrogen (secondary N) is 2. The van der Waals surface area contributed by atoms with Gasteiger partial charge in [-0.25, -0.2) is 0 Å². The van der Waals surface area contributed by atoms with Crippen LogP contribution in [0.3, 0.4) is 0 Å². The van der Waals surface area contributed by atoms with Crippen molar-refractivity contribution in [3.63, 3.8) is 0 Å². The van der Waals surface area contributed by atoms with Crippen LogP contribution < -0.4 is 16.4 Å². The Kier molecular flexibility index (Phi) is 5.06. The van der Waals surface area contributed by atoms with Crippen LogP contribution >= 0.6 is 0 Å². The summed E-state index contributed by atoms with van der Waals surface area (Å²) in [7, 11) is 0. The molecule has 0 bridgehead atoms. The quantitative estimate of drug-likeness (QED) is 0.615. The molecule has 30 heavy (non-hydrogen) atoms. The lowest BCUT2D eigenvalue weighted by Gasteiger charge is -2.24. The van der Waals surface area contributed by atoms with Crippen molar-refractivity contribution in [1.82, 2.24) is 5.32 Å². The van der Waals surface area contributed by atoms with Crippen molar-refractivity contribution in [3.05, 3.63) is 89.5 Å². The zero-order valence-electron chi connectivity index (χ0n) is 16.4. The monoisotopic (exact) mass is 399 g/mol. The highest BCUT2D eigenvalue weighted by Crippen LogP contribution is 2.46. The van der Waals surface area contributed by atoms with Crippen LogP contribution in [0.2, 0.25) is 0 Å². The molecule has 150 valence electrons. The van der Waals surface area contributed by atoms with E-state index in [1.54, 1.807) is 24.3 Å². The molecule has 0 radical (unpaired) electrons. The number of primary amides is 1. The SMILES string of the molecule is CC(=O)Nc1ccccc1C(=O)N[C@@H](C(N)=O)C1c2ccccc2-c2ccccc21. The maximum atomic E-state index is 13.1. The largest absolute Gasteiger partial charge is 0.368 e. The van der Waals surface area contributed by atoms with E-state index in [0.717, 1.165) is 22.3 Å². The minimum Gasteiger partial charge on any atom is -0.368 e. The number of carbonyl (C=O) groups is 3. The number of carbonyl (C=O) groups excluding carboxylic acids is 3. The minimum atomic E-state index is -0.951. The second-order valence-electron chi connectivity index (χ2n) is 7.23. The summed E-state index contributed by atoms with van der Waals surface area (Å²) in [5.41, 5.74) is 10.3. The van der Waals surface area contributed by atoms with Crippen molar-refractivity contribution < 1.29 is 14.4 Å². The lowest BCUT2D eigenvalue weighted by Crippen LogP contribution is -2.48. The molecular formula is C24H21N3O3. The van der Waals surface area contributed by atoms with Crippen LogP contribution in [-0.2, 0) is 9.59 Å². The van der Waals surface area contributed by atoms with Crippen molar-refractivity contribution >= 4 is 23.4 Å². The van der Waals surface area contributed by atoms with Crippen LogP contribution in [0.25, 0.3) is 11.1 Å². The van der Waals surface area contributed by atoms with Crippen molar-refractivity contribution in [2.24, 2.45) is 5.73 Å². The summed E-state index contributed by atoms with van der Waals surface area (Å²) < 4.78 is 0. The molecule has 0 saturated carbocycles. The van der Waals surface area contributed by atoms with Gasteiger partial charge in [0.2, 0.25) is 11.8 Å². The molecule has 0 aromatic heterocycles. The van der Waals surface area contributed by atoms with Gasteiger partial charge in [0.25, 0.3) is 5.91 Å². The number of hydrogen-bond acceptors (Lipinski definition) is 3. The first kappa shape index (κ1) is 19.4. The average Bonchev–Trinajstić information content (AvgIpc) is 3.06. The molecule has 1 aliphatic rings. The number of amides is 3. The summed E-state index contributed by atoms with van der Waals surface area (Å²) >= 11 is 0. The molecule has 0 heterocycles. The molecule has 3 aromatic rings. The Morgan fingerprint density at radius 1 is 0.833 bits per heavy atom. The predicted octanol–water partition coefficient (Wildman–Crippen LogP) is 3.04. The van der Waals surface area contributed by atoms with Crippen LogP contribution in [0.15, 0.2) is 72.8 Å². The summed E-state index contributed by atoms with van der Waals surface area (Å²) in [6.07, 6.45) is 0. The van der Waals surface area contributed by atoms with Crippen LogP contribution in [0.5, 0.6) is 0 Å². The molecule has 6 heteroatoms. The van der Waals surface area contributed by atoms with E-state index in [0.29, 0.717) is 5.69 Å². The van der Waals surface area contributed by atoms with Crippen molar-refractivity contribution in [2.45, 2.75) is 18.9 Å². The Labute approximate surface area is 174 Å². The Morgan fingerprint density at radius 2 is 1.37 bits per heavy atom. The molecule has 0 saturated heterocycles. The molecule has 0 aliphatic heterocycles. The van der Waals surface area contributed by atoms with Crippen LogP contribution in [0.1, 0.15) is 34.3 Å². The fourth-order valence-corrected chi connectivity index (χ4v) is 4.07. The molecule has 4 rings (SSSR count). The van der Waals surface area contributed by atoms with E-state index < -0.39 is 23.8 Å². The van der Waals surface area contributed by atoms with Gasteiger partial charge in [0, 0.05) is 12.8 Å². The van der Waals surface area contributed by atoms with Crippen LogP contribution in [0.4, 0.5) is 5.69 Å². The van der Waals surface area contributed by atoms with Gasteiger partial charge in [0.05, 0.1) is 11.3 Å². The van der Waals surface area contributed by atoms with Gasteiger partial charge in [0.1, 0.15) is 6.04 Å². The highest BCUT2D eigenvalue weighted by molar-refractivity contribution is 6.05. The summed E-state index contributed by atoms with van der Waals surface area (Å²) in [6, 6.07) is 21.3. The number of para-hydroxylation sites is 1. The van der Waals surface area contributed by atoms with Gasteiger partial charge >= 0.3 is 0 Å². The Morgan fingerprint density at radius 3 is 1.93 bits per heavy atom. The summed E-state index contributed by atoms with van der Waals surface area (Å²) in [4.78, 5) is 37.0. The number of hydrogen-bond donors (Lipinski definition) is 3. The zero-order chi connectivity index (χ0) is 21.3. The Bertz CT molecular complexity index is 1110. The van der Waals surface area contributed by atoms with E-state index >= 15 is 0 Å². The maximum absolute atomic E-state index is 13.1. The highest BCUT2D eigenvalue weighted by atomic mass is 16.2. The maximum Gasteiger partial charge on any atom is 0.254 e. The molecule has 1 atom stereocenters. The molecule has 0 spiro atoms. The number of nitrogens with two attached hydrogens (primary N) is 1. The van der Waals surface area contributed by atoms with Gasteiger partial charge in [-0.05, 0) is 34.4 Å². The number of anilines is 1. The molecule has 6 nitrogen and oxygen atoms in total. The fourth-order valence-electron chi connectivity index (χ4n) is 4.07. The second-order valence-corrected chi connectivity index (χ2v) is 7.23. The minimum absolute atomic E-state index is 0.263. The van der Waals surface area contributed by atoms with Gasteiger partial charge in [0.15, 0.2) is 0 Å². The first-order valence-corrected chi connectivity index (χ1v) is 9.62. The molecule has 0 fully saturated rings. The molecule has 4 N–H and O–H groups in total. The van der Waals surface area contributed by atoms with Gasteiger partial charge in [-0.3, -0.25) is 14.4 Å². The van der Waals surface area contributed by atoms with E-state index in [2.05, 4.69) is 10.6 Å². The number of rotatable bonds is 5. The smallest absolute Gasteiger partial charge is 0.254 e. The third-order valence-corrected chi connectivity index (χ3v) is 5.29. The summed E-state index contributed by atoms with van der Waals surface area (Å²) in [5, 5.41) is 5.45. The van der Waals surface area contributed by atoms with E-state index in [4.69, 9.17) is 5.73 Å². The van der Waals surface area contributed by atoms with Gasteiger partial charge in [-0.1, -0.05) is 60.7 Å². The third kappa shape index (κ3) is 3.43. The summed E-state index contributed by atoms with van der Waals surface area (Å²) in [5.74, 6) is -1.80. The molecular weight excluding hydrogens is 378 g/mol. The lowest BCUT2D eigenvalue weighted by atomic mass is 9.88. The van der Waals surface area contributed by atoms with Crippen LogP contribution in [0, 0.1) is 0 Å². The summed E-state index contributed by atoms with van der Waals surface area (Å²) in [6.45, 7) is 1.37. The first-order valence-electron chi connectivity index (χ1n) is 9.62. The van der Waals surface area contributed by atoms with Gasteiger partial charge in [-0.15, -0.1) is 0 Å². The fraction of sp³-hybridized carbons (Fsp3) is 0.125. The van der Waals surface area contributed by atoms with E-state index in [9.17, 15) is 14.4 Å². The van der Waals surface area contributed by atoms with Crippen molar-refractivity contribution in [3.8, 4) is 11.1 Å². The predicted molar refractivity (Wildman–Crippen MR) is 115 cm³/mol. The van der Waals surface area contributed by atoms with Crippen LogP contribution in [-0.4, -0.2) is 23.8 Å². The standard InChI is InChI=1S/C24H21N3O3/c1-14(28)26-20-13-7-6-12-19(20)24(30)27-22(23(25)29)21-17-10-4-2-8-15(17)16-9-3-5-11-18(16)21/h2-13,21-22H,1H3,(H2,25,29)(H,26,28)(H,27,30)/t22-/m1/s1. The zero-order valence-corrected chi connectivity index (χ0v) is 16.4. The van der Waals surface area contributed by atoms with E-state index in [1.807, 2.05) is 48.5 Å². The average molecular weight is 399 g/mol. The molecule has 3 amide bonds. The molecule has 3 aromatic carbocycles. The Balaban J connectivity index is 1.72. The van der Waals surface area contributed by atoms with Gasteiger partial charge < -0.3 is 16.4 Å². The second kappa shape index (κ2) is 7.83. The first-order chi connectivity index (χ1) is 14.5. The Hall–Kier alpha value is -3.93. The van der Waals surface area contributed by atoms with E-state index in [-0.39, 0.29) is 11.5 Å². The van der Waals surface area contributed by atoms with E-state index in [1.165, 1.54) is 6.92 Å². The molecule has 0 unspecified atom stereocenters. The third-order valence-electron chi connectivity index (χ3n) is 5.29. The topological polar surface area (TPSA) is 101 Å². The van der Waals surface area contributed by atoms with Crippen molar-refractivity contribution in [1.29, 1.82) is 0 Å². The highest BCUT2D eigenvalue weighted by Gasteiger charge is 2.38.